The van der Waals surface area contributed by atoms with E-state index in [2.05, 4.69) is 17.0 Å². The third kappa shape index (κ3) is 3.47. The van der Waals surface area contributed by atoms with Gasteiger partial charge in [0.05, 0.1) is 7.11 Å². The number of carbonyl (C=O) groups excluding carboxylic acids is 1. The summed E-state index contributed by atoms with van der Waals surface area (Å²) in [6, 6.07) is 8.18. The lowest BCUT2D eigenvalue weighted by molar-refractivity contribution is -0.118. The lowest BCUT2D eigenvalue weighted by Gasteiger charge is -2.20. The minimum atomic E-state index is 0.833. The van der Waals surface area contributed by atoms with E-state index in [1.165, 1.54) is 5.56 Å². The standard InChI is InChI=1S/C14H20N2O2/c1-18-14-5-3-13(4-6-14)11-15-7-2-8-16(12-17)10-9-15/h3-6,12H,2,7-11H2,1H3. The maximum absolute atomic E-state index is 10.7. The van der Waals surface area contributed by atoms with Gasteiger partial charge in [-0.05, 0) is 24.1 Å². The zero-order chi connectivity index (χ0) is 12.8. The molecule has 4 heteroatoms. The third-order valence-corrected chi connectivity index (χ3v) is 3.34. The van der Waals surface area contributed by atoms with E-state index in [-0.39, 0.29) is 0 Å². The molecule has 0 N–H and O–H groups in total. The van der Waals surface area contributed by atoms with Gasteiger partial charge in [0, 0.05) is 32.7 Å². The van der Waals surface area contributed by atoms with Crippen LogP contribution in [0.15, 0.2) is 24.3 Å². The average molecular weight is 248 g/mol. The van der Waals surface area contributed by atoms with Crippen LogP contribution in [0.25, 0.3) is 0 Å². The van der Waals surface area contributed by atoms with Crippen molar-refractivity contribution in [2.45, 2.75) is 13.0 Å². The number of methoxy groups -OCH3 is 1. The molecule has 1 aliphatic rings. The summed E-state index contributed by atoms with van der Waals surface area (Å²) in [4.78, 5) is 15.0. The van der Waals surface area contributed by atoms with Gasteiger partial charge in [-0.25, -0.2) is 0 Å². The van der Waals surface area contributed by atoms with Gasteiger partial charge in [0.1, 0.15) is 5.75 Å². The van der Waals surface area contributed by atoms with Gasteiger partial charge < -0.3 is 9.64 Å². The molecule has 0 spiro atoms. The van der Waals surface area contributed by atoms with E-state index in [0.29, 0.717) is 0 Å². The Kier molecular flexibility index (Phi) is 4.59. The Balaban J connectivity index is 1.90. The van der Waals surface area contributed by atoms with Crippen molar-refractivity contribution in [1.29, 1.82) is 0 Å². The van der Waals surface area contributed by atoms with Crippen LogP contribution in [0.2, 0.25) is 0 Å². The molecule has 1 aliphatic heterocycles. The van der Waals surface area contributed by atoms with E-state index in [0.717, 1.165) is 51.3 Å². The van der Waals surface area contributed by atoms with Crippen LogP contribution in [0.3, 0.4) is 0 Å². The number of rotatable bonds is 4. The second kappa shape index (κ2) is 6.40. The van der Waals surface area contributed by atoms with Crippen LogP contribution in [-0.4, -0.2) is 49.5 Å². The molecule has 1 aromatic carbocycles. The third-order valence-electron chi connectivity index (χ3n) is 3.34. The van der Waals surface area contributed by atoms with Crippen LogP contribution in [0.1, 0.15) is 12.0 Å². The van der Waals surface area contributed by atoms with E-state index < -0.39 is 0 Å². The zero-order valence-corrected chi connectivity index (χ0v) is 10.8. The molecule has 1 saturated heterocycles. The van der Waals surface area contributed by atoms with Crippen molar-refractivity contribution in [2.24, 2.45) is 0 Å². The first kappa shape index (κ1) is 12.9. The molecule has 1 amide bonds. The van der Waals surface area contributed by atoms with E-state index in [1.54, 1.807) is 7.11 Å². The summed E-state index contributed by atoms with van der Waals surface area (Å²) >= 11 is 0. The number of amides is 1. The van der Waals surface area contributed by atoms with Gasteiger partial charge >= 0.3 is 0 Å². The maximum atomic E-state index is 10.7. The highest BCUT2D eigenvalue weighted by atomic mass is 16.5. The van der Waals surface area contributed by atoms with Crippen LogP contribution in [0.4, 0.5) is 0 Å². The van der Waals surface area contributed by atoms with Crippen LogP contribution >= 0.6 is 0 Å². The van der Waals surface area contributed by atoms with Crippen LogP contribution < -0.4 is 4.74 Å². The lowest BCUT2D eigenvalue weighted by atomic mass is 10.2. The molecule has 1 aromatic rings. The van der Waals surface area contributed by atoms with Crippen molar-refractivity contribution in [3.63, 3.8) is 0 Å². The van der Waals surface area contributed by atoms with Gasteiger partial charge in [0.2, 0.25) is 6.41 Å². The van der Waals surface area contributed by atoms with Crippen molar-refractivity contribution in [2.75, 3.05) is 33.3 Å². The van der Waals surface area contributed by atoms with Gasteiger partial charge in [-0.1, -0.05) is 12.1 Å². The van der Waals surface area contributed by atoms with Crippen molar-refractivity contribution in [3.8, 4) is 5.75 Å². The van der Waals surface area contributed by atoms with Gasteiger partial charge in [-0.2, -0.15) is 0 Å². The maximum Gasteiger partial charge on any atom is 0.209 e. The Hall–Kier alpha value is -1.55. The summed E-state index contributed by atoms with van der Waals surface area (Å²) in [7, 11) is 1.68. The Morgan fingerprint density at radius 2 is 1.94 bits per heavy atom. The molecule has 4 nitrogen and oxygen atoms in total. The monoisotopic (exact) mass is 248 g/mol. The summed E-state index contributed by atoms with van der Waals surface area (Å²) < 4.78 is 5.15. The van der Waals surface area contributed by atoms with Crippen LogP contribution in [0, 0.1) is 0 Å². The second-order valence-corrected chi connectivity index (χ2v) is 4.62. The molecule has 0 atom stereocenters. The number of nitrogens with zero attached hydrogens (tertiary/aromatic N) is 2. The minimum Gasteiger partial charge on any atom is -0.497 e. The minimum absolute atomic E-state index is 0.833. The van der Waals surface area contributed by atoms with Crippen molar-refractivity contribution in [3.05, 3.63) is 29.8 Å². The summed E-state index contributed by atoms with van der Waals surface area (Å²) in [6.45, 7) is 4.65. The Morgan fingerprint density at radius 3 is 2.61 bits per heavy atom. The first-order valence-electron chi connectivity index (χ1n) is 6.36. The quantitative estimate of drug-likeness (QED) is 0.754. The Bertz CT molecular complexity index is 378. The molecule has 98 valence electrons. The molecule has 0 aromatic heterocycles. The molecule has 0 unspecified atom stereocenters. The van der Waals surface area contributed by atoms with Gasteiger partial charge in [-0.15, -0.1) is 0 Å². The molecule has 0 bridgehead atoms. The molecule has 0 aliphatic carbocycles. The first-order valence-corrected chi connectivity index (χ1v) is 6.36. The number of carbonyl (C=O) groups is 1. The smallest absolute Gasteiger partial charge is 0.209 e. The van der Waals surface area contributed by atoms with Gasteiger partial charge in [0.25, 0.3) is 0 Å². The first-order chi connectivity index (χ1) is 8.81. The topological polar surface area (TPSA) is 32.8 Å². The highest BCUT2D eigenvalue weighted by Gasteiger charge is 2.13. The molecule has 0 radical (unpaired) electrons. The number of hydrogen-bond donors (Lipinski definition) is 0. The number of benzene rings is 1. The van der Waals surface area contributed by atoms with Crippen LogP contribution in [-0.2, 0) is 11.3 Å². The highest BCUT2D eigenvalue weighted by Crippen LogP contribution is 2.14. The van der Waals surface area contributed by atoms with Gasteiger partial charge in [0.15, 0.2) is 0 Å². The zero-order valence-electron chi connectivity index (χ0n) is 10.8. The normalized spacial score (nSPS) is 17.3. The summed E-state index contributed by atoms with van der Waals surface area (Å²) in [6.07, 6.45) is 2.01. The molecule has 18 heavy (non-hydrogen) atoms. The van der Waals surface area contributed by atoms with Crippen molar-refractivity contribution < 1.29 is 9.53 Å². The summed E-state index contributed by atoms with van der Waals surface area (Å²) in [5, 5.41) is 0. The number of ether oxygens (including phenoxy) is 1. The molecule has 0 saturated carbocycles. The predicted molar refractivity (Wildman–Crippen MR) is 70.5 cm³/mol. The Labute approximate surface area is 108 Å². The summed E-state index contributed by atoms with van der Waals surface area (Å²) in [5.74, 6) is 0.891. The second-order valence-electron chi connectivity index (χ2n) is 4.62. The SMILES string of the molecule is COc1ccc(CN2CCCN(C=O)CC2)cc1. The lowest BCUT2D eigenvalue weighted by Crippen LogP contribution is -2.29. The predicted octanol–water partition coefficient (Wildman–Crippen LogP) is 1.36. The average Bonchev–Trinajstić information content (AvgIpc) is 2.65. The fourth-order valence-corrected chi connectivity index (χ4v) is 2.24. The van der Waals surface area contributed by atoms with Crippen molar-refractivity contribution in [1.82, 2.24) is 9.80 Å². The highest BCUT2D eigenvalue weighted by molar-refractivity contribution is 5.46. The van der Waals surface area contributed by atoms with Crippen molar-refractivity contribution >= 4 is 6.41 Å². The molecular weight excluding hydrogens is 228 g/mol. The van der Waals surface area contributed by atoms with E-state index in [1.807, 2.05) is 17.0 Å². The van der Waals surface area contributed by atoms with E-state index in [4.69, 9.17) is 4.74 Å². The fraction of sp³-hybridized carbons (Fsp3) is 0.500. The Morgan fingerprint density at radius 1 is 1.17 bits per heavy atom. The largest absolute Gasteiger partial charge is 0.497 e. The summed E-state index contributed by atoms with van der Waals surface area (Å²) in [5.41, 5.74) is 1.29. The molecule has 2 rings (SSSR count). The molecule has 1 fully saturated rings. The molecular formula is C14H20N2O2. The van der Waals surface area contributed by atoms with E-state index >= 15 is 0 Å². The fourth-order valence-electron chi connectivity index (χ4n) is 2.24. The van der Waals surface area contributed by atoms with Crippen LogP contribution in [0.5, 0.6) is 5.75 Å². The van der Waals surface area contributed by atoms with E-state index in [9.17, 15) is 4.79 Å². The number of hydrogen-bond acceptors (Lipinski definition) is 3. The van der Waals surface area contributed by atoms with Gasteiger partial charge in [-0.3, -0.25) is 9.69 Å². The molecule has 1 heterocycles.